The van der Waals surface area contributed by atoms with Gasteiger partial charge in [-0.3, -0.25) is 14.5 Å². The summed E-state index contributed by atoms with van der Waals surface area (Å²) in [6.45, 7) is 6.55. The zero-order valence-electron chi connectivity index (χ0n) is 13.9. The third-order valence-electron chi connectivity index (χ3n) is 4.58. The number of carbonyl (C=O) groups excluding carboxylic acids is 2. The number of nitrogens with one attached hydrogen (secondary N) is 1. The predicted molar refractivity (Wildman–Crippen MR) is 86.6 cm³/mol. The van der Waals surface area contributed by atoms with Crippen molar-refractivity contribution in [2.24, 2.45) is 0 Å². The van der Waals surface area contributed by atoms with Crippen LogP contribution in [0.2, 0.25) is 0 Å². The summed E-state index contributed by atoms with van der Waals surface area (Å²) in [6.07, 6.45) is 4.75. The SMILES string of the molecule is CNCCCC(=O)N1CCCN(CC(=O)N2CCCC2)CC1. The van der Waals surface area contributed by atoms with Crippen molar-refractivity contribution in [1.29, 1.82) is 0 Å². The van der Waals surface area contributed by atoms with Gasteiger partial charge in [-0.1, -0.05) is 0 Å². The lowest BCUT2D eigenvalue weighted by Crippen LogP contribution is -2.41. The minimum atomic E-state index is 0.253. The van der Waals surface area contributed by atoms with Crippen molar-refractivity contribution in [1.82, 2.24) is 20.0 Å². The Morgan fingerprint density at radius 2 is 1.55 bits per heavy atom. The van der Waals surface area contributed by atoms with Gasteiger partial charge in [0, 0.05) is 45.7 Å². The van der Waals surface area contributed by atoms with E-state index < -0.39 is 0 Å². The highest BCUT2D eigenvalue weighted by molar-refractivity contribution is 5.78. The number of nitrogens with zero attached hydrogens (tertiary/aromatic N) is 3. The molecular formula is C16H30N4O2. The molecule has 6 nitrogen and oxygen atoms in total. The Kier molecular flexibility index (Phi) is 7.12. The fraction of sp³-hybridized carbons (Fsp3) is 0.875. The van der Waals surface area contributed by atoms with Gasteiger partial charge >= 0.3 is 0 Å². The van der Waals surface area contributed by atoms with E-state index >= 15 is 0 Å². The number of amides is 2. The van der Waals surface area contributed by atoms with Crippen molar-refractivity contribution in [2.45, 2.75) is 32.1 Å². The molecule has 0 aliphatic carbocycles. The lowest BCUT2D eigenvalue weighted by atomic mass is 10.2. The fourth-order valence-electron chi connectivity index (χ4n) is 3.21. The van der Waals surface area contributed by atoms with Crippen molar-refractivity contribution >= 4 is 11.8 Å². The summed E-state index contributed by atoms with van der Waals surface area (Å²) in [7, 11) is 1.91. The number of likely N-dealkylation sites (tertiary alicyclic amines) is 1. The van der Waals surface area contributed by atoms with Gasteiger partial charge in [-0.15, -0.1) is 0 Å². The molecule has 0 atom stereocenters. The predicted octanol–water partition coefficient (Wildman–Crippen LogP) is 0.143. The number of hydrogen-bond acceptors (Lipinski definition) is 4. The van der Waals surface area contributed by atoms with Crippen molar-refractivity contribution in [3.8, 4) is 0 Å². The fourth-order valence-corrected chi connectivity index (χ4v) is 3.21. The summed E-state index contributed by atoms with van der Waals surface area (Å²) in [6, 6.07) is 0. The van der Waals surface area contributed by atoms with E-state index in [1.807, 2.05) is 16.8 Å². The lowest BCUT2D eigenvalue weighted by Gasteiger charge is -2.24. The van der Waals surface area contributed by atoms with Crippen LogP contribution in [-0.2, 0) is 9.59 Å². The third kappa shape index (κ3) is 5.25. The highest BCUT2D eigenvalue weighted by Gasteiger charge is 2.23. The molecule has 0 spiro atoms. The van der Waals surface area contributed by atoms with Crippen molar-refractivity contribution in [2.75, 3.05) is 59.4 Å². The topological polar surface area (TPSA) is 55.9 Å². The summed E-state index contributed by atoms with van der Waals surface area (Å²) < 4.78 is 0. The third-order valence-corrected chi connectivity index (χ3v) is 4.58. The molecule has 2 fully saturated rings. The molecule has 0 aromatic rings. The van der Waals surface area contributed by atoms with Crippen LogP contribution < -0.4 is 5.32 Å². The van der Waals surface area contributed by atoms with Gasteiger partial charge in [0.25, 0.3) is 0 Å². The zero-order chi connectivity index (χ0) is 15.8. The van der Waals surface area contributed by atoms with E-state index in [0.717, 1.165) is 71.5 Å². The summed E-state index contributed by atoms with van der Waals surface area (Å²) in [5.74, 6) is 0.509. The van der Waals surface area contributed by atoms with E-state index in [4.69, 9.17) is 0 Å². The number of rotatable bonds is 6. The first kappa shape index (κ1) is 17.2. The van der Waals surface area contributed by atoms with E-state index in [1.54, 1.807) is 0 Å². The Bertz CT molecular complexity index is 369. The minimum Gasteiger partial charge on any atom is -0.342 e. The highest BCUT2D eigenvalue weighted by atomic mass is 16.2. The van der Waals surface area contributed by atoms with Gasteiger partial charge in [-0.25, -0.2) is 0 Å². The van der Waals surface area contributed by atoms with Gasteiger partial charge in [0.2, 0.25) is 11.8 Å². The highest BCUT2D eigenvalue weighted by Crippen LogP contribution is 2.10. The molecule has 1 N–H and O–H groups in total. The Morgan fingerprint density at radius 3 is 2.27 bits per heavy atom. The quantitative estimate of drug-likeness (QED) is 0.709. The van der Waals surface area contributed by atoms with Crippen LogP contribution in [0.5, 0.6) is 0 Å². The van der Waals surface area contributed by atoms with Gasteiger partial charge in [0.1, 0.15) is 0 Å². The minimum absolute atomic E-state index is 0.253. The molecule has 22 heavy (non-hydrogen) atoms. The van der Waals surface area contributed by atoms with Crippen LogP contribution in [0.25, 0.3) is 0 Å². The van der Waals surface area contributed by atoms with Crippen LogP contribution in [0.4, 0.5) is 0 Å². The molecular weight excluding hydrogens is 280 g/mol. The van der Waals surface area contributed by atoms with Crippen molar-refractivity contribution in [3.05, 3.63) is 0 Å². The van der Waals surface area contributed by atoms with E-state index in [0.29, 0.717) is 13.0 Å². The molecule has 0 saturated carbocycles. The molecule has 6 heteroatoms. The van der Waals surface area contributed by atoms with E-state index in [2.05, 4.69) is 10.2 Å². The van der Waals surface area contributed by atoms with Crippen molar-refractivity contribution in [3.63, 3.8) is 0 Å². The number of carbonyl (C=O) groups is 2. The van der Waals surface area contributed by atoms with Gasteiger partial charge in [0.05, 0.1) is 6.54 Å². The normalized spacial score (nSPS) is 20.2. The van der Waals surface area contributed by atoms with E-state index in [-0.39, 0.29) is 11.8 Å². The average molecular weight is 310 g/mol. The Hall–Kier alpha value is -1.14. The first-order chi connectivity index (χ1) is 10.7. The van der Waals surface area contributed by atoms with Crippen LogP contribution in [0.1, 0.15) is 32.1 Å². The molecule has 0 unspecified atom stereocenters. The van der Waals surface area contributed by atoms with Gasteiger partial charge in [-0.2, -0.15) is 0 Å². The average Bonchev–Trinajstić information content (AvgIpc) is 2.95. The summed E-state index contributed by atoms with van der Waals surface area (Å²) in [5, 5.41) is 3.07. The van der Waals surface area contributed by atoms with Crippen LogP contribution in [0, 0.1) is 0 Å². The molecule has 2 saturated heterocycles. The van der Waals surface area contributed by atoms with E-state index in [1.165, 1.54) is 0 Å². The second kappa shape index (κ2) is 9.10. The molecule has 0 aromatic heterocycles. The monoisotopic (exact) mass is 310 g/mol. The molecule has 2 aliphatic heterocycles. The lowest BCUT2D eigenvalue weighted by molar-refractivity contribution is -0.131. The van der Waals surface area contributed by atoms with Gasteiger partial charge in [0.15, 0.2) is 0 Å². The zero-order valence-corrected chi connectivity index (χ0v) is 13.9. The second-order valence-electron chi connectivity index (χ2n) is 6.31. The molecule has 0 radical (unpaired) electrons. The largest absolute Gasteiger partial charge is 0.342 e. The van der Waals surface area contributed by atoms with Crippen molar-refractivity contribution < 1.29 is 9.59 Å². The molecule has 2 amide bonds. The van der Waals surface area contributed by atoms with E-state index in [9.17, 15) is 9.59 Å². The second-order valence-corrected chi connectivity index (χ2v) is 6.31. The Labute approximate surface area is 133 Å². The van der Waals surface area contributed by atoms with Crippen LogP contribution >= 0.6 is 0 Å². The Balaban J connectivity index is 1.72. The summed E-state index contributed by atoms with van der Waals surface area (Å²) in [5.41, 5.74) is 0. The molecule has 0 aromatic carbocycles. The summed E-state index contributed by atoms with van der Waals surface area (Å²) in [4.78, 5) is 30.5. The van der Waals surface area contributed by atoms with Crippen LogP contribution in [0.3, 0.4) is 0 Å². The summed E-state index contributed by atoms with van der Waals surface area (Å²) >= 11 is 0. The first-order valence-electron chi connectivity index (χ1n) is 8.63. The molecule has 0 bridgehead atoms. The maximum Gasteiger partial charge on any atom is 0.236 e. The van der Waals surface area contributed by atoms with Crippen LogP contribution in [0.15, 0.2) is 0 Å². The maximum atomic E-state index is 12.2. The maximum absolute atomic E-state index is 12.2. The smallest absolute Gasteiger partial charge is 0.236 e. The van der Waals surface area contributed by atoms with Gasteiger partial charge < -0.3 is 15.1 Å². The standard InChI is InChI=1S/C16H30N4O2/c1-17-7-4-6-15(21)20-11-5-8-18(12-13-20)14-16(22)19-9-2-3-10-19/h17H,2-14H2,1H3. The van der Waals surface area contributed by atoms with Gasteiger partial charge in [-0.05, 0) is 39.3 Å². The molecule has 2 rings (SSSR count). The molecule has 2 aliphatic rings. The number of hydrogen-bond donors (Lipinski definition) is 1. The molecule has 2 heterocycles. The molecule has 126 valence electrons. The van der Waals surface area contributed by atoms with Crippen LogP contribution in [-0.4, -0.2) is 85.9 Å². The first-order valence-corrected chi connectivity index (χ1v) is 8.63. The Morgan fingerprint density at radius 1 is 0.864 bits per heavy atom.